The molecule has 3 aromatic carbocycles. The fraction of sp³-hybridized carbons (Fsp3) is 0.160. The molecule has 0 aliphatic rings. The van der Waals surface area contributed by atoms with E-state index >= 15 is 0 Å². The standard InChI is InChI=1S/C25H23NO5/c1-17(2)31-25(29)21-12-14-22(15-13-21)26-23(27)16-30-24(28)20-10-8-19(9-11-20)18-6-4-3-5-7-18/h3-15,17H,16H2,1-2H3,(H,26,27). The largest absolute Gasteiger partial charge is 0.459 e. The van der Waals surface area contributed by atoms with Crippen LogP contribution in [0.4, 0.5) is 5.69 Å². The van der Waals surface area contributed by atoms with Gasteiger partial charge in [0.05, 0.1) is 17.2 Å². The highest BCUT2D eigenvalue weighted by Gasteiger charge is 2.12. The van der Waals surface area contributed by atoms with Crippen LogP contribution in [0.15, 0.2) is 78.9 Å². The van der Waals surface area contributed by atoms with E-state index in [0.29, 0.717) is 16.8 Å². The summed E-state index contributed by atoms with van der Waals surface area (Å²) < 4.78 is 10.2. The Morgan fingerprint density at radius 1 is 0.742 bits per heavy atom. The Labute approximate surface area is 180 Å². The van der Waals surface area contributed by atoms with E-state index in [1.54, 1.807) is 50.2 Å². The molecule has 3 rings (SSSR count). The molecular formula is C25H23NO5. The van der Waals surface area contributed by atoms with Gasteiger partial charge < -0.3 is 14.8 Å². The molecule has 1 amide bonds. The molecular weight excluding hydrogens is 394 g/mol. The summed E-state index contributed by atoms with van der Waals surface area (Å²) in [6, 6.07) is 23.1. The normalized spacial score (nSPS) is 10.4. The van der Waals surface area contributed by atoms with Gasteiger partial charge in [0.2, 0.25) is 0 Å². The van der Waals surface area contributed by atoms with Gasteiger partial charge in [0.1, 0.15) is 0 Å². The van der Waals surface area contributed by atoms with E-state index < -0.39 is 24.5 Å². The van der Waals surface area contributed by atoms with Crippen LogP contribution in [0.2, 0.25) is 0 Å². The molecule has 0 aromatic heterocycles. The zero-order chi connectivity index (χ0) is 22.2. The highest BCUT2D eigenvalue weighted by atomic mass is 16.5. The van der Waals surface area contributed by atoms with Gasteiger partial charge >= 0.3 is 11.9 Å². The molecule has 0 aliphatic heterocycles. The molecule has 1 N–H and O–H groups in total. The van der Waals surface area contributed by atoms with Gasteiger partial charge in [-0.1, -0.05) is 42.5 Å². The summed E-state index contributed by atoms with van der Waals surface area (Å²) in [7, 11) is 0. The monoisotopic (exact) mass is 417 g/mol. The van der Waals surface area contributed by atoms with E-state index in [0.717, 1.165) is 11.1 Å². The molecule has 0 radical (unpaired) electrons. The second-order valence-electron chi connectivity index (χ2n) is 7.10. The van der Waals surface area contributed by atoms with E-state index in [1.807, 2.05) is 42.5 Å². The smallest absolute Gasteiger partial charge is 0.338 e. The highest BCUT2D eigenvalue weighted by molar-refractivity contribution is 5.96. The number of benzene rings is 3. The predicted octanol–water partition coefficient (Wildman–Crippen LogP) is 4.71. The first-order chi connectivity index (χ1) is 14.9. The third-order valence-corrected chi connectivity index (χ3v) is 4.31. The number of carbonyl (C=O) groups is 3. The first-order valence-corrected chi connectivity index (χ1v) is 9.86. The van der Waals surface area contributed by atoms with E-state index in [2.05, 4.69) is 5.32 Å². The van der Waals surface area contributed by atoms with Crippen LogP contribution in [-0.4, -0.2) is 30.6 Å². The number of anilines is 1. The summed E-state index contributed by atoms with van der Waals surface area (Å²) in [5.41, 5.74) is 3.26. The van der Waals surface area contributed by atoms with Gasteiger partial charge in [0, 0.05) is 5.69 Å². The molecule has 0 heterocycles. The van der Waals surface area contributed by atoms with Crippen molar-refractivity contribution >= 4 is 23.5 Å². The summed E-state index contributed by atoms with van der Waals surface area (Å²) in [6.45, 7) is 3.12. The molecule has 0 saturated carbocycles. The number of hydrogen-bond acceptors (Lipinski definition) is 5. The van der Waals surface area contributed by atoms with Crippen LogP contribution in [0, 0.1) is 0 Å². The second kappa shape index (κ2) is 10.2. The number of nitrogens with one attached hydrogen (secondary N) is 1. The Bertz CT molecular complexity index is 1040. The van der Waals surface area contributed by atoms with Crippen molar-refractivity contribution in [3.63, 3.8) is 0 Å². The van der Waals surface area contributed by atoms with Crippen molar-refractivity contribution in [2.75, 3.05) is 11.9 Å². The molecule has 6 heteroatoms. The number of hydrogen-bond donors (Lipinski definition) is 1. The molecule has 3 aromatic rings. The summed E-state index contributed by atoms with van der Waals surface area (Å²) >= 11 is 0. The van der Waals surface area contributed by atoms with E-state index in [1.165, 1.54) is 0 Å². The number of amides is 1. The molecule has 0 atom stereocenters. The van der Waals surface area contributed by atoms with Gasteiger partial charge in [-0.2, -0.15) is 0 Å². The lowest BCUT2D eigenvalue weighted by atomic mass is 10.0. The Balaban J connectivity index is 1.50. The Hall–Kier alpha value is -3.93. The van der Waals surface area contributed by atoms with Crippen LogP contribution >= 0.6 is 0 Å². The van der Waals surface area contributed by atoms with E-state index in [4.69, 9.17) is 9.47 Å². The third-order valence-electron chi connectivity index (χ3n) is 4.31. The molecule has 0 fully saturated rings. The third kappa shape index (κ3) is 6.27. The number of carbonyl (C=O) groups excluding carboxylic acids is 3. The van der Waals surface area contributed by atoms with Crippen LogP contribution in [0.25, 0.3) is 11.1 Å². The minimum absolute atomic E-state index is 0.212. The average Bonchev–Trinajstić information content (AvgIpc) is 2.78. The SMILES string of the molecule is CC(C)OC(=O)c1ccc(NC(=O)COC(=O)c2ccc(-c3ccccc3)cc2)cc1. The van der Waals surface area contributed by atoms with Crippen LogP contribution in [0.1, 0.15) is 34.6 Å². The van der Waals surface area contributed by atoms with Crippen molar-refractivity contribution in [3.05, 3.63) is 90.0 Å². The lowest BCUT2D eigenvalue weighted by molar-refractivity contribution is -0.119. The maximum atomic E-state index is 12.2. The summed E-state index contributed by atoms with van der Waals surface area (Å²) in [5.74, 6) is -1.49. The molecule has 0 saturated heterocycles. The first-order valence-electron chi connectivity index (χ1n) is 9.86. The number of esters is 2. The molecule has 158 valence electrons. The van der Waals surface area contributed by atoms with Gasteiger partial charge in [-0.3, -0.25) is 4.79 Å². The van der Waals surface area contributed by atoms with Gasteiger partial charge in [-0.25, -0.2) is 9.59 Å². The van der Waals surface area contributed by atoms with Crippen LogP contribution in [0.5, 0.6) is 0 Å². The minimum atomic E-state index is -0.582. The van der Waals surface area contributed by atoms with Crippen molar-refractivity contribution in [1.82, 2.24) is 0 Å². The number of rotatable bonds is 7. The average molecular weight is 417 g/mol. The molecule has 0 bridgehead atoms. The minimum Gasteiger partial charge on any atom is -0.459 e. The van der Waals surface area contributed by atoms with E-state index in [9.17, 15) is 14.4 Å². The maximum Gasteiger partial charge on any atom is 0.338 e. The fourth-order valence-corrected chi connectivity index (χ4v) is 2.81. The van der Waals surface area contributed by atoms with E-state index in [-0.39, 0.29) is 6.10 Å². The Kier molecular flexibility index (Phi) is 7.17. The van der Waals surface area contributed by atoms with Gasteiger partial charge in [-0.15, -0.1) is 0 Å². The zero-order valence-electron chi connectivity index (χ0n) is 17.3. The van der Waals surface area contributed by atoms with Crippen molar-refractivity contribution < 1.29 is 23.9 Å². The van der Waals surface area contributed by atoms with Crippen molar-refractivity contribution in [2.24, 2.45) is 0 Å². The Morgan fingerprint density at radius 3 is 1.90 bits per heavy atom. The summed E-state index contributed by atoms with van der Waals surface area (Å²) in [6.07, 6.45) is -0.212. The quantitative estimate of drug-likeness (QED) is 0.563. The molecule has 31 heavy (non-hydrogen) atoms. The maximum absolute atomic E-state index is 12.2. The molecule has 0 aliphatic carbocycles. The van der Waals surface area contributed by atoms with Crippen molar-refractivity contribution in [3.8, 4) is 11.1 Å². The Morgan fingerprint density at radius 2 is 1.29 bits per heavy atom. The highest BCUT2D eigenvalue weighted by Crippen LogP contribution is 2.19. The molecule has 6 nitrogen and oxygen atoms in total. The zero-order valence-corrected chi connectivity index (χ0v) is 17.3. The molecule has 0 spiro atoms. The van der Waals surface area contributed by atoms with Crippen LogP contribution < -0.4 is 5.32 Å². The van der Waals surface area contributed by atoms with Gasteiger partial charge in [-0.05, 0) is 61.4 Å². The van der Waals surface area contributed by atoms with Crippen LogP contribution in [0.3, 0.4) is 0 Å². The van der Waals surface area contributed by atoms with Crippen molar-refractivity contribution in [1.29, 1.82) is 0 Å². The van der Waals surface area contributed by atoms with Gasteiger partial charge in [0.15, 0.2) is 6.61 Å². The summed E-state index contributed by atoms with van der Waals surface area (Å²) in [4.78, 5) is 36.1. The van der Waals surface area contributed by atoms with Crippen LogP contribution in [-0.2, 0) is 14.3 Å². The van der Waals surface area contributed by atoms with Gasteiger partial charge in [0.25, 0.3) is 5.91 Å². The topological polar surface area (TPSA) is 81.7 Å². The predicted molar refractivity (Wildman–Crippen MR) is 118 cm³/mol. The van der Waals surface area contributed by atoms with Crippen molar-refractivity contribution in [2.45, 2.75) is 20.0 Å². The lowest BCUT2D eigenvalue weighted by Gasteiger charge is -2.09. The second-order valence-corrected chi connectivity index (χ2v) is 7.10. The first kappa shape index (κ1) is 21.8. The molecule has 0 unspecified atom stereocenters. The fourth-order valence-electron chi connectivity index (χ4n) is 2.81. The summed E-state index contributed by atoms with van der Waals surface area (Å²) in [5, 5.41) is 2.62. The number of ether oxygens (including phenoxy) is 2. The lowest BCUT2D eigenvalue weighted by Crippen LogP contribution is -2.21.